The van der Waals surface area contributed by atoms with Crippen molar-refractivity contribution in [3.05, 3.63) is 10.0 Å². The average molecular weight is 285 g/mol. The third kappa shape index (κ3) is 7.60. The quantitative estimate of drug-likeness (QED) is 0.746. The van der Waals surface area contributed by atoms with Crippen LogP contribution in [0.4, 0.5) is 0 Å². The minimum atomic E-state index is 0.197. The Hall–Kier alpha value is -0.520. The van der Waals surface area contributed by atoms with Crippen LogP contribution in [-0.2, 0) is 17.6 Å². The lowest BCUT2D eigenvalue weighted by molar-refractivity contribution is 0.111. The zero-order chi connectivity index (χ0) is 14.3. The molecule has 0 aromatic carbocycles. The predicted molar refractivity (Wildman–Crippen MR) is 80.8 cm³/mol. The van der Waals surface area contributed by atoms with Gasteiger partial charge in [0, 0.05) is 25.5 Å². The third-order valence-electron chi connectivity index (χ3n) is 2.90. The lowest BCUT2D eigenvalue weighted by Crippen LogP contribution is -2.36. The maximum Gasteiger partial charge on any atom is 0.117 e. The highest BCUT2D eigenvalue weighted by Gasteiger charge is 2.09. The molecular weight excluding hydrogens is 258 g/mol. The fourth-order valence-electron chi connectivity index (χ4n) is 1.64. The molecule has 0 fully saturated rings. The van der Waals surface area contributed by atoms with Crippen molar-refractivity contribution in [1.29, 1.82) is 0 Å². The molecule has 1 aromatic heterocycles. The van der Waals surface area contributed by atoms with Gasteiger partial charge in [0.15, 0.2) is 0 Å². The maximum atomic E-state index is 5.24. The van der Waals surface area contributed by atoms with Crippen LogP contribution in [0.1, 0.15) is 50.6 Å². The van der Waals surface area contributed by atoms with Crippen molar-refractivity contribution in [2.24, 2.45) is 0 Å². The molecule has 0 spiro atoms. The zero-order valence-electron chi connectivity index (χ0n) is 12.8. The van der Waals surface area contributed by atoms with Gasteiger partial charge in [0.1, 0.15) is 10.0 Å². The van der Waals surface area contributed by atoms with Crippen molar-refractivity contribution in [3.63, 3.8) is 0 Å². The number of nitrogens with one attached hydrogen (secondary N) is 1. The van der Waals surface area contributed by atoms with Crippen molar-refractivity contribution in [1.82, 2.24) is 15.5 Å². The van der Waals surface area contributed by atoms with Gasteiger partial charge in [0.05, 0.1) is 6.10 Å². The van der Waals surface area contributed by atoms with E-state index in [0.29, 0.717) is 6.10 Å². The van der Waals surface area contributed by atoms with Crippen LogP contribution in [0.15, 0.2) is 0 Å². The summed E-state index contributed by atoms with van der Waals surface area (Å²) in [7, 11) is 1.75. The standard InChI is InChI=1S/C14H27N3OS/c1-11(18-5)8-9-13-17-16-12(19-13)7-6-10-15-14(2,3)4/h11,15H,6-10H2,1-5H3. The molecule has 5 heteroatoms. The molecule has 1 heterocycles. The molecule has 110 valence electrons. The van der Waals surface area contributed by atoms with E-state index in [9.17, 15) is 0 Å². The van der Waals surface area contributed by atoms with E-state index in [1.165, 1.54) is 0 Å². The molecule has 19 heavy (non-hydrogen) atoms. The molecule has 0 radical (unpaired) electrons. The second-order valence-corrected chi connectivity index (χ2v) is 7.10. The monoisotopic (exact) mass is 285 g/mol. The summed E-state index contributed by atoms with van der Waals surface area (Å²) in [4.78, 5) is 0. The van der Waals surface area contributed by atoms with Gasteiger partial charge in [0.2, 0.25) is 0 Å². The molecule has 4 nitrogen and oxygen atoms in total. The van der Waals surface area contributed by atoms with E-state index in [1.54, 1.807) is 18.4 Å². The number of aryl methyl sites for hydroxylation is 2. The fourth-order valence-corrected chi connectivity index (χ4v) is 2.54. The van der Waals surface area contributed by atoms with Gasteiger partial charge in [-0.15, -0.1) is 21.5 Å². The molecule has 1 aromatic rings. The second-order valence-electron chi connectivity index (χ2n) is 5.95. The Balaban J connectivity index is 2.23. The minimum Gasteiger partial charge on any atom is -0.382 e. The van der Waals surface area contributed by atoms with Gasteiger partial charge in [-0.1, -0.05) is 0 Å². The molecule has 0 amide bonds. The lowest BCUT2D eigenvalue weighted by atomic mass is 10.1. The van der Waals surface area contributed by atoms with Crippen LogP contribution < -0.4 is 5.32 Å². The second kappa shape index (κ2) is 7.92. The molecule has 0 aliphatic carbocycles. The number of methoxy groups -OCH3 is 1. The number of hydrogen-bond acceptors (Lipinski definition) is 5. The molecular formula is C14H27N3OS. The first-order valence-electron chi connectivity index (χ1n) is 7.00. The smallest absolute Gasteiger partial charge is 0.117 e. The van der Waals surface area contributed by atoms with Crippen LogP contribution in [0, 0.1) is 0 Å². The molecule has 1 unspecified atom stereocenters. The summed E-state index contributed by atoms with van der Waals surface area (Å²) in [6.45, 7) is 9.67. The van der Waals surface area contributed by atoms with Gasteiger partial charge in [-0.05, 0) is 47.1 Å². The third-order valence-corrected chi connectivity index (χ3v) is 3.94. The summed E-state index contributed by atoms with van der Waals surface area (Å²) in [5, 5.41) is 14.3. The molecule has 0 saturated heterocycles. The highest BCUT2D eigenvalue weighted by molar-refractivity contribution is 7.11. The normalized spacial score (nSPS) is 13.7. The zero-order valence-corrected chi connectivity index (χ0v) is 13.6. The van der Waals surface area contributed by atoms with E-state index < -0.39 is 0 Å². The molecule has 0 aliphatic heterocycles. The Morgan fingerprint density at radius 2 is 1.84 bits per heavy atom. The van der Waals surface area contributed by atoms with Gasteiger partial charge in [-0.2, -0.15) is 0 Å². The summed E-state index contributed by atoms with van der Waals surface area (Å²) in [5.41, 5.74) is 0.197. The Bertz CT molecular complexity index is 360. The van der Waals surface area contributed by atoms with E-state index in [1.807, 2.05) is 0 Å². The molecule has 1 atom stereocenters. The maximum absolute atomic E-state index is 5.24. The summed E-state index contributed by atoms with van der Waals surface area (Å²) in [6.07, 6.45) is 4.40. The number of hydrogen-bond donors (Lipinski definition) is 1. The van der Waals surface area contributed by atoms with Crippen LogP contribution in [-0.4, -0.2) is 35.5 Å². The van der Waals surface area contributed by atoms with E-state index in [2.05, 4.69) is 43.2 Å². The van der Waals surface area contributed by atoms with Gasteiger partial charge in [0.25, 0.3) is 0 Å². The minimum absolute atomic E-state index is 0.197. The first-order valence-corrected chi connectivity index (χ1v) is 7.81. The van der Waals surface area contributed by atoms with Crippen molar-refractivity contribution in [3.8, 4) is 0 Å². The van der Waals surface area contributed by atoms with Crippen molar-refractivity contribution >= 4 is 11.3 Å². The number of aromatic nitrogens is 2. The van der Waals surface area contributed by atoms with Gasteiger partial charge in [-0.3, -0.25) is 0 Å². The predicted octanol–water partition coefficient (Wildman–Crippen LogP) is 2.83. The molecule has 0 saturated carbocycles. The van der Waals surface area contributed by atoms with Crippen LogP contribution in [0.25, 0.3) is 0 Å². The number of nitrogens with zero attached hydrogens (tertiary/aromatic N) is 2. The average Bonchev–Trinajstić information content (AvgIpc) is 2.78. The number of ether oxygens (including phenoxy) is 1. The van der Waals surface area contributed by atoms with Crippen LogP contribution in [0.5, 0.6) is 0 Å². The first-order chi connectivity index (χ1) is 8.90. The van der Waals surface area contributed by atoms with Crippen LogP contribution in [0.2, 0.25) is 0 Å². The molecule has 1 rings (SSSR count). The summed E-state index contributed by atoms with van der Waals surface area (Å²) in [6, 6.07) is 0. The summed E-state index contributed by atoms with van der Waals surface area (Å²) in [5.74, 6) is 0. The van der Waals surface area contributed by atoms with Gasteiger partial charge < -0.3 is 10.1 Å². The topological polar surface area (TPSA) is 47.0 Å². The van der Waals surface area contributed by atoms with Crippen LogP contribution >= 0.6 is 11.3 Å². The van der Waals surface area contributed by atoms with E-state index in [0.717, 1.165) is 42.2 Å². The van der Waals surface area contributed by atoms with E-state index >= 15 is 0 Å². The number of rotatable bonds is 8. The van der Waals surface area contributed by atoms with Crippen molar-refractivity contribution < 1.29 is 4.74 Å². The largest absolute Gasteiger partial charge is 0.382 e. The summed E-state index contributed by atoms with van der Waals surface area (Å²) >= 11 is 1.74. The van der Waals surface area contributed by atoms with E-state index in [-0.39, 0.29) is 5.54 Å². The fraction of sp³-hybridized carbons (Fsp3) is 0.857. The summed E-state index contributed by atoms with van der Waals surface area (Å²) < 4.78 is 5.24. The van der Waals surface area contributed by atoms with E-state index in [4.69, 9.17) is 4.74 Å². The van der Waals surface area contributed by atoms with Gasteiger partial charge >= 0.3 is 0 Å². The highest BCUT2D eigenvalue weighted by atomic mass is 32.1. The highest BCUT2D eigenvalue weighted by Crippen LogP contribution is 2.14. The first kappa shape index (κ1) is 16.5. The molecule has 1 N–H and O–H groups in total. The van der Waals surface area contributed by atoms with Crippen LogP contribution in [0.3, 0.4) is 0 Å². The molecule has 0 bridgehead atoms. The van der Waals surface area contributed by atoms with Gasteiger partial charge in [-0.25, -0.2) is 0 Å². The Labute approximate surface area is 121 Å². The van der Waals surface area contributed by atoms with Crippen molar-refractivity contribution in [2.45, 2.75) is 65.0 Å². The Kier molecular flexibility index (Phi) is 6.89. The Morgan fingerprint density at radius 3 is 2.42 bits per heavy atom. The molecule has 0 aliphatic rings. The Morgan fingerprint density at radius 1 is 1.21 bits per heavy atom. The lowest BCUT2D eigenvalue weighted by Gasteiger charge is -2.20. The van der Waals surface area contributed by atoms with Crippen molar-refractivity contribution in [2.75, 3.05) is 13.7 Å². The SMILES string of the molecule is COC(C)CCc1nnc(CCCNC(C)(C)C)s1.